The number of rotatable bonds is 1. The van der Waals surface area contributed by atoms with Crippen LogP contribution in [-0.2, 0) is 0 Å². The number of hydrogen-bond donors (Lipinski definition) is 1. The van der Waals surface area contributed by atoms with E-state index >= 15 is 0 Å². The van der Waals surface area contributed by atoms with Crippen molar-refractivity contribution in [1.29, 1.82) is 0 Å². The van der Waals surface area contributed by atoms with Gasteiger partial charge in [-0.2, -0.15) is 0 Å². The largest absolute Gasteiger partial charge is 0.366 e. The summed E-state index contributed by atoms with van der Waals surface area (Å²) in [6.45, 7) is 3.67. The standard InChI is InChI=1S/C10H9N2OS/c1-5-7-3-4-14-10(7)12-6(2)8(5)9(11)13/h4H,1-2H3,(H2,11,13). The van der Waals surface area contributed by atoms with E-state index in [2.05, 4.69) is 11.1 Å². The van der Waals surface area contributed by atoms with E-state index in [0.29, 0.717) is 11.3 Å². The smallest absolute Gasteiger partial charge is 0.250 e. The topological polar surface area (TPSA) is 56.0 Å². The number of aryl methyl sites for hydroxylation is 2. The summed E-state index contributed by atoms with van der Waals surface area (Å²) in [6, 6.07) is 3.06. The molecule has 2 aromatic heterocycles. The van der Waals surface area contributed by atoms with Crippen LogP contribution in [0, 0.1) is 19.9 Å². The minimum Gasteiger partial charge on any atom is -0.366 e. The lowest BCUT2D eigenvalue weighted by atomic mass is 10.1. The van der Waals surface area contributed by atoms with Crippen LogP contribution in [0.15, 0.2) is 5.38 Å². The lowest BCUT2D eigenvalue weighted by molar-refractivity contribution is 0.0999. The molecule has 2 rings (SSSR count). The van der Waals surface area contributed by atoms with Crippen molar-refractivity contribution in [3.63, 3.8) is 0 Å². The van der Waals surface area contributed by atoms with Crippen molar-refractivity contribution < 1.29 is 4.79 Å². The summed E-state index contributed by atoms with van der Waals surface area (Å²) in [5, 5.41) is 2.74. The molecule has 1 radical (unpaired) electrons. The quantitative estimate of drug-likeness (QED) is 0.772. The first-order valence-electron chi connectivity index (χ1n) is 4.17. The second kappa shape index (κ2) is 3.06. The van der Waals surface area contributed by atoms with Crippen LogP contribution in [0.3, 0.4) is 0 Å². The third kappa shape index (κ3) is 1.19. The molecule has 0 saturated carbocycles. The lowest BCUT2D eigenvalue weighted by Gasteiger charge is -2.05. The predicted octanol–water partition coefficient (Wildman–Crippen LogP) is 1.81. The van der Waals surface area contributed by atoms with Gasteiger partial charge in [-0.05, 0) is 19.4 Å². The van der Waals surface area contributed by atoms with E-state index < -0.39 is 5.91 Å². The number of nitrogens with two attached hydrogens (primary N) is 1. The van der Waals surface area contributed by atoms with Gasteiger partial charge in [0.15, 0.2) is 0 Å². The fourth-order valence-corrected chi connectivity index (χ4v) is 2.39. The highest BCUT2D eigenvalue weighted by Gasteiger charge is 2.13. The highest BCUT2D eigenvalue weighted by Crippen LogP contribution is 2.25. The molecular weight excluding hydrogens is 196 g/mol. The van der Waals surface area contributed by atoms with Crippen LogP contribution in [0.2, 0.25) is 0 Å². The molecule has 1 amide bonds. The summed E-state index contributed by atoms with van der Waals surface area (Å²) in [7, 11) is 0. The van der Waals surface area contributed by atoms with Crippen molar-refractivity contribution >= 4 is 27.5 Å². The summed E-state index contributed by atoms with van der Waals surface area (Å²) in [5.41, 5.74) is 7.38. The average Bonchev–Trinajstić information content (AvgIpc) is 2.50. The lowest BCUT2D eigenvalue weighted by Crippen LogP contribution is -2.15. The van der Waals surface area contributed by atoms with Gasteiger partial charge in [-0.25, -0.2) is 4.98 Å². The van der Waals surface area contributed by atoms with Crippen molar-refractivity contribution in [3.05, 3.63) is 28.3 Å². The molecule has 0 bridgehead atoms. The number of thiophene rings is 1. The Morgan fingerprint density at radius 2 is 2.29 bits per heavy atom. The fraction of sp³-hybridized carbons (Fsp3) is 0.200. The molecule has 3 nitrogen and oxygen atoms in total. The van der Waals surface area contributed by atoms with Crippen LogP contribution >= 0.6 is 11.3 Å². The number of carbonyl (C=O) groups is 1. The minimum absolute atomic E-state index is 0.422. The SMILES string of the molecule is Cc1nc2sc[c]c2c(C)c1C(N)=O. The van der Waals surface area contributed by atoms with E-state index in [1.807, 2.05) is 12.3 Å². The first-order valence-corrected chi connectivity index (χ1v) is 5.05. The third-order valence-corrected chi connectivity index (χ3v) is 2.97. The summed E-state index contributed by atoms with van der Waals surface area (Å²) < 4.78 is 0. The van der Waals surface area contributed by atoms with Gasteiger partial charge in [0.25, 0.3) is 5.91 Å². The number of primary amides is 1. The van der Waals surface area contributed by atoms with Crippen LogP contribution in [0.5, 0.6) is 0 Å². The Hall–Kier alpha value is -1.42. The van der Waals surface area contributed by atoms with E-state index in [0.717, 1.165) is 15.8 Å². The molecule has 2 heterocycles. The molecule has 0 unspecified atom stereocenters. The van der Waals surface area contributed by atoms with Gasteiger partial charge in [0.2, 0.25) is 0 Å². The van der Waals surface area contributed by atoms with Gasteiger partial charge in [-0.3, -0.25) is 4.79 Å². The number of aromatic nitrogens is 1. The minimum atomic E-state index is -0.422. The molecule has 71 valence electrons. The zero-order valence-electron chi connectivity index (χ0n) is 7.92. The molecule has 2 N–H and O–H groups in total. The second-order valence-electron chi connectivity index (χ2n) is 3.12. The maximum Gasteiger partial charge on any atom is 0.250 e. The molecule has 0 aliphatic carbocycles. The first-order chi connectivity index (χ1) is 6.61. The summed E-state index contributed by atoms with van der Waals surface area (Å²) in [6.07, 6.45) is 0. The first kappa shape index (κ1) is 9.15. The van der Waals surface area contributed by atoms with Gasteiger partial charge in [0, 0.05) is 16.8 Å². The molecule has 0 atom stereocenters. The predicted molar refractivity (Wildman–Crippen MR) is 56.4 cm³/mol. The van der Waals surface area contributed by atoms with Crippen LogP contribution < -0.4 is 5.73 Å². The van der Waals surface area contributed by atoms with Gasteiger partial charge in [0.05, 0.1) is 11.3 Å². The molecule has 0 aliphatic heterocycles. The van der Waals surface area contributed by atoms with Crippen molar-refractivity contribution in [3.8, 4) is 0 Å². The van der Waals surface area contributed by atoms with Gasteiger partial charge in [-0.1, -0.05) is 0 Å². The van der Waals surface area contributed by atoms with Crippen molar-refractivity contribution in [1.82, 2.24) is 4.98 Å². The van der Waals surface area contributed by atoms with E-state index in [-0.39, 0.29) is 0 Å². The van der Waals surface area contributed by atoms with E-state index in [4.69, 9.17) is 5.73 Å². The number of fused-ring (bicyclic) bond motifs is 1. The van der Waals surface area contributed by atoms with Gasteiger partial charge >= 0.3 is 0 Å². The molecule has 0 aromatic carbocycles. The van der Waals surface area contributed by atoms with Crippen LogP contribution in [-0.4, -0.2) is 10.9 Å². The molecule has 4 heteroatoms. The van der Waals surface area contributed by atoms with Crippen molar-refractivity contribution in [2.45, 2.75) is 13.8 Å². The molecule has 0 spiro atoms. The molecule has 0 aliphatic rings. The Balaban J connectivity index is 2.89. The molecule has 0 saturated heterocycles. The number of carbonyl (C=O) groups excluding carboxylic acids is 1. The van der Waals surface area contributed by atoms with Gasteiger partial charge in [0.1, 0.15) is 4.83 Å². The number of amides is 1. The van der Waals surface area contributed by atoms with Crippen molar-refractivity contribution in [2.75, 3.05) is 0 Å². The molecule has 0 fully saturated rings. The number of hydrogen-bond acceptors (Lipinski definition) is 3. The molecule has 2 aromatic rings. The molecular formula is C10H9N2OS. The van der Waals surface area contributed by atoms with Crippen LogP contribution in [0.4, 0.5) is 0 Å². The molecule has 14 heavy (non-hydrogen) atoms. The second-order valence-corrected chi connectivity index (χ2v) is 3.98. The highest BCUT2D eigenvalue weighted by molar-refractivity contribution is 7.16. The van der Waals surface area contributed by atoms with E-state index in [9.17, 15) is 4.79 Å². The Labute approximate surface area is 85.6 Å². The summed E-state index contributed by atoms with van der Waals surface area (Å²) in [5.74, 6) is -0.422. The normalized spacial score (nSPS) is 10.7. The Morgan fingerprint density at radius 1 is 1.57 bits per heavy atom. The monoisotopic (exact) mass is 205 g/mol. The average molecular weight is 205 g/mol. The van der Waals surface area contributed by atoms with E-state index in [1.165, 1.54) is 11.3 Å². The number of nitrogens with zero attached hydrogens (tertiary/aromatic N) is 1. The zero-order valence-corrected chi connectivity index (χ0v) is 8.73. The van der Waals surface area contributed by atoms with Gasteiger partial charge in [-0.15, -0.1) is 11.3 Å². The Morgan fingerprint density at radius 3 is 2.93 bits per heavy atom. The Kier molecular flexibility index (Phi) is 2.00. The van der Waals surface area contributed by atoms with Crippen LogP contribution in [0.1, 0.15) is 21.6 Å². The third-order valence-electron chi connectivity index (χ3n) is 2.22. The maximum absolute atomic E-state index is 11.2. The van der Waals surface area contributed by atoms with Crippen LogP contribution in [0.25, 0.3) is 10.2 Å². The van der Waals surface area contributed by atoms with E-state index in [1.54, 1.807) is 6.92 Å². The zero-order chi connectivity index (χ0) is 10.3. The fourth-order valence-electron chi connectivity index (χ4n) is 1.58. The van der Waals surface area contributed by atoms with Crippen molar-refractivity contribution in [2.24, 2.45) is 5.73 Å². The Bertz CT molecular complexity index is 516. The summed E-state index contributed by atoms with van der Waals surface area (Å²) in [4.78, 5) is 16.4. The maximum atomic E-state index is 11.2. The summed E-state index contributed by atoms with van der Waals surface area (Å²) >= 11 is 1.52. The van der Waals surface area contributed by atoms with Gasteiger partial charge < -0.3 is 5.73 Å². The number of pyridine rings is 1. The highest BCUT2D eigenvalue weighted by atomic mass is 32.1.